The lowest BCUT2D eigenvalue weighted by molar-refractivity contribution is 0.141. The van der Waals surface area contributed by atoms with E-state index in [4.69, 9.17) is 9.15 Å². The summed E-state index contributed by atoms with van der Waals surface area (Å²) in [6.07, 6.45) is 3.39. The van der Waals surface area contributed by atoms with Crippen LogP contribution in [0.3, 0.4) is 0 Å². The molecule has 0 saturated carbocycles. The number of ether oxygens (including phenoxy) is 1. The number of pyridine rings is 1. The van der Waals surface area contributed by atoms with E-state index in [1.54, 1.807) is 24.4 Å². The topological polar surface area (TPSA) is 118 Å². The Labute approximate surface area is 212 Å². The van der Waals surface area contributed by atoms with Crippen LogP contribution in [-0.4, -0.2) is 47.0 Å². The van der Waals surface area contributed by atoms with Crippen LogP contribution in [0.2, 0.25) is 0 Å². The summed E-state index contributed by atoms with van der Waals surface area (Å²) in [5, 5.41) is 14.1. The number of sulfonamides is 1. The molecule has 37 heavy (non-hydrogen) atoms. The van der Waals surface area contributed by atoms with Crippen molar-refractivity contribution in [3.8, 4) is 17.2 Å². The molecule has 2 aliphatic rings. The van der Waals surface area contributed by atoms with Crippen molar-refractivity contribution in [2.24, 2.45) is 0 Å². The van der Waals surface area contributed by atoms with Crippen LogP contribution < -0.4 is 10.1 Å². The van der Waals surface area contributed by atoms with Gasteiger partial charge in [0.15, 0.2) is 0 Å². The molecule has 0 aliphatic carbocycles. The molecule has 1 unspecified atom stereocenters. The summed E-state index contributed by atoms with van der Waals surface area (Å²) in [5.41, 5.74) is 2.57. The second kappa shape index (κ2) is 9.34. The summed E-state index contributed by atoms with van der Waals surface area (Å²) in [5.74, 6) is -0.000942. The molecule has 2 aliphatic heterocycles. The minimum absolute atomic E-state index is 0.0735. The molecule has 0 radical (unpaired) electrons. The van der Waals surface area contributed by atoms with E-state index in [0.29, 0.717) is 17.0 Å². The van der Waals surface area contributed by atoms with E-state index in [1.165, 1.54) is 28.9 Å². The highest BCUT2D eigenvalue weighted by Crippen LogP contribution is 2.33. The molecule has 1 fully saturated rings. The van der Waals surface area contributed by atoms with Gasteiger partial charge in [0.05, 0.1) is 22.3 Å². The first-order chi connectivity index (χ1) is 17.9. The normalized spacial score (nSPS) is 16.8. The van der Waals surface area contributed by atoms with Crippen molar-refractivity contribution in [3.05, 3.63) is 95.4 Å². The average molecular weight is 523 g/mol. The van der Waals surface area contributed by atoms with Gasteiger partial charge in [0, 0.05) is 32.4 Å². The predicted molar refractivity (Wildman–Crippen MR) is 130 cm³/mol. The largest absolute Gasteiger partial charge is 0.488 e. The van der Waals surface area contributed by atoms with E-state index in [0.717, 1.165) is 30.3 Å². The number of oxazole rings is 1. The van der Waals surface area contributed by atoms with Crippen molar-refractivity contribution in [1.82, 2.24) is 19.6 Å². The predicted octanol–water partition coefficient (Wildman–Crippen LogP) is 3.01. The Balaban J connectivity index is 1.20. The Bertz CT molecular complexity index is 1560. The van der Waals surface area contributed by atoms with E-state index in [1.807, 2.05) is 12.1 Å². The molecular formula is C26H23FN4O5S. The number of hydrogen-bond donors (Lipinski definition) is 2. The molecule has 1 saturated heterocycles. The number of fused-ring (bicyclic) bond motifs is 1. The summed E-state index contributed by atoms with van der Waals surface area (Å²) in [6, 6.07) is 12.6. The van der Waals surface area contributed by atoms with Gasteiger partial charge in [0.25, 0.3) is 0 Å². The van der Waals surface area contributed by atoms with Crippen LogP contribution in [0.25, 0.3) is 11.5 Å². The molecule has 0 bridgehead atoms. The van der Waals surface area contributed by atoms with E-state index in [2.05, 4.69) is 15.3 Å². The summed E-state index contributed by atoms with van der Waals surface area (Å²) in [4.78, 5) is 8.13. The molecule has 6 rings (SSSR count). The lowest BCUT2D eigenvalue weighted by atomic mass is 10.0. The minimum Gasteiger partial charge on any atom is -0.488 e. The third-order valence-electron chi connectivity index (χ3n) is 6.54. The number of nitrogens with zero attached hydrogens (tertiary/aromatic N) is 3. The molecule has 4 aromatic rings. The monoisotopic (exact) mass is 522 g/mol. The zero-order valence-electron chi connectivity index (χ0n) is 19.5. The maximum Gasteiger partial charge on any atom is 0.243 e. The van der Waals surface area contributed by atoms with Crippen molar-refractivity contribution >= 4 is 10.0 Å². The van der Waals surface area contributed by atoms with E-state index >= 15 is 0 Å². The number of aliphatic hydroxyl groups excluding tert-OH is 1. The van der Waals surface area contributed by atoms with E-state index in [9.17, 15) is 17.9 Å². The Kier molecular flexibility index (Phi) is 6.00. The van der Waals surface area contributed by atoms with Crippen LogP contribution in [0, 0.1) is 5.82 Å². The second-order valence-corrected chi connectivity index (χ2v) is 10.9. The molecule has 9 nitrogen and oxygen atoms in total. The van der Waals surface area contributed by atoms with Gasteiger partial charge in [0.1, 0.15) is 30.0 Å². The summed E-state index contributed by atoms with van der Waals surface area (Å²) < 4.78 is 53.5. The van der Waals surface area contributed by atoms with Crippen molar-refractivity contribution in [2.45, 2.75) is 30.2 Å². The maximum atomic E-state index is 14.7. The third kappa shape index (κ3) is 4.51. The van der Waals surface area contributed by atoms with Crippen LogP contribution in [0.15, 0.2) is 76.5 Å². The minimum atomic E-state index is -3.98. The lowest BCUT2D eigenvalue weighted by Gasteiger charge is -2.28. The van der Waals surface area contributed by atoms with Crippen molar-refractivity contribution in [3.63, 3.8) is 0 Å². The number of halogens is 1. The fraction of sp³-hybridized carbons (Fsp3) is 0.231. The molecule has 2 N–H and O–H groups in total. The number of aliphatic hydroxyl groups is 1. The zero-order chi connectivity index (χ0) is 25.6. The van der Waals surface area contributed by atoms with Gasteiger partial charge < -0.3 is 19.6 Å². The Hall–Kier alpha value is -3.64. The number of benzene rings is 2. The van der Waals surface area contributed by atoms with Gasteiger partial charge in [-0.05, 0) is 53.1 Å². The van der Waals surface area contributed by atoms with Gasteiger partial charge in [0.2, 0.25) is 15.9 Å². The van der Waals surface area contributed by atoms with Gasteiger partial charge in [-0.1, -0.05) is 12.1 Å². The first-order valence-corrected chi connectivity index (χ1v) is 13.1. The molecule has 0 amide bonds. The van der Waals surface area contributed by atoms with Crippen LogP contribution in [0.5, 0.6) is 5.75 Å². The van der Waals surface area contributed by atoms with Gasteiger partial charge in [-0.3, -0.25) is 4.98 Å². The summed E-state index contributed by atoms with van der Waals surface area (Å²) in [7, 11) is -3.98. The highest BCUT2D eigenvalue weighted by atomic mass is 32.2. The van der Waals surface area contributed by atoms with Crippen molar-refractivity contribution < 1.29 is 27.1 Å². The molecule has 2 aromatic heterocycles. The Morgan fingerprint density at radius 3 is 2.68 bits per heavy atom. The molecule has 4 heterocycles. The van der Waals surface area contributed by atoms with Gasteiger partial charge >= 0.3 is 0 Å². The second-order valence-electron chi connectivity index (χ2n) is 9.00. The smallest absolute Gasteiger partial charge is 0.243 e. The molecule has 190 valence electrons. The molecule has 1 atom stereocenters. The zero-order valence-corrected chi connectivity index (χ0v) is 20.4. The van der Waals surface area contributed by atoms with Gasteiger partial charge in [-0.2, -0.15) is 4.31 Å². The van der Waals surface area contributed by atoms with Crippen LogP contribution in [0.1, 0.15) is 28.5 Å². The first kappa shape index (κ1) is 23.7. The SMILES string of the molecule is O=S(=O)(c1ccc(-c2ncco2)c(F)c1)N1Cc2cnc(C(O)c3cccc(OC4CNC4)c3)cc2C1. The molecule has 11 heteroatoms. The van der Waals surface area contributed by atoms with Crippen molar-refractivity contribution in [2.75, 3.05) is 13.1 Å². The summed E-state index contributed by atoms with van der Waals surface area (Å²) in [6.45, 7) is 1.76. The molecule has 0 spiro atoms. The fourth-order valence-electron chi connectivity index (χ4n) is 4.39. The highest BCUT2D eigenvalue weighted by molar-refractivity contribution is 7.89. The van der Waals surface area contributed by atoms with Crippen molar-refractivity contribution in [1.29, 1.82) is 0 Å². The van der Waals surface area contributed by atoms with Gasteiger partial charge in [-0.25, -0.2) is 17.8 Å². The quantitative estimate of drug-likeness (QED) is 0.380. The number of nitrogens with one attached hydrogen (secondary N) is 1. The first-order valence-electron chi connectivity index (χ1n) is 11.7. The summed E-state index contributed by atoms with van der Waals surface area (Å²) >= 11 is 0. The fourth-order valence-corrected chi connectivity index (χ4v) is 5.80. The third-order valence-corrected chi connectivity index (χ3v) is 8.33. The van der Waals surface area contributed by atoms with Crippen LogP contribution in [-0.2, 0) is 23.1 Å². The highest BCUT2D eigenvalue weighted by Gasteiger charge is 2.32. The maximum absolute atomic E-state index is 14.7. The van der Waals surface area contributed by atoms with Gasteiger partial charge in [-0.15, -0.1) is 0 Å². The number of rotatable bonds is 7. The Morgan fingerprint density at radius 1 is 1.11 bits per heavy atom. The van der Waals surface area contributed by atoms with Crippen LogP contribution >= 0.6 is 0 Å². The number of hydrogen-bond acceptors (Lipinski definition) is 8. The molecular weight excluding hydrogens is 499 g/mol. The number of aromatic nitrogens is 2. The standard InChI is InChI=1S/C26H23FN4O5S/c27-23-10-21(4-5-22(23)26-29-6-7-35-26)37(33,34)31-14-17-9-24(30-11-18(17)15-31)25(32)16-2-1-3-19(8-16)36-20-12-28-13-20/h1-11,20,25,28,32H,12-15H2. The Morgan fingerprint density at radius 2 is 1.95 bits per heavy atom. The van der Waals surface area contributed by atoms with E-state index < -0.39 is 21.9 Å². The van der Waals surface area contributed by atoms with Crippen LogP contribution in [0.4, 0.5) is 4.39 Å². The lowest BCUT2D eigenvalue weighted by Crippen LogP contribution is -2.50. The van der Waals surface area contributed by atoms with E-state index in [-0.39, 0.29) is 35.5 Å². The average Bonchev–Trinajstić information content (AvgIpc) is 3.56. The molecule has 2 aromatic carbocycles.